The molecule has 0 aromatic rings. The SMILES string of the molecule is CCOC(=O)N=NC(=O)OCC.[Pb].[Pb]. The summed E-state index contributed by atoms with van der Waals surface area (Å²) in [4.78, 5) is 20.9. The van der Waals surface area contributed by atoms with E-state index < -0.39 is 12.2 Å². The van der Waals surface area contributed by atoms with Gasteiger partial charge in [0.2, 0.25) is 0 Å². The third-order valence-corrected chi connectivity index (χ3v) is 0.749. The molecule has 0 rings (SSSR count). The topological polar surface area (TPSA) is 77.3 Å². The molecular weight excluding hydrogens is 578 g/mol. The number of azo groups is 1. The minimum atomic E-state index is -0.898. The van der Waals surface area contributed by atoms with E-state index in [9.17, 15) is 9.59 Å². The minimum absolute atomic E-state index is 0. The van der Waals surface area contributed by atoms with Crippen LogP contribution in [-0.4, -0.2) is 80.0 Å². The van der Waals surface area contributed by atoms with E-state index in [1.807, 2.05) is 0 Å². The summed E-state index contributed by atoms with van der Waals surface area (Å²) in [7, 11) is 0. The first-order valence-corrected chi connectivity index (χ1v) is 3.46. The van der Waals surface area contributed by atoms with Crippen molar-refractivity contribution in [3.8, 4) is 0 Å². The molecule has 0 heterocycles. The summed E-state index contributed by atoms with van der Waals surface area (Å²) in [5, 5.41) is 5.84. The average molecular weight is 589 g/mol. The molecule has 6 nitrogen and oxygen atoms in total. The summed E-state index contributed by atoms with van der Waals surface area (Å²) in [6.45, 7) is 3.64. The molecule has 0 aromatic heterocycles. The van der Waals surface area contributed by atoms with Crippen molar-refractivity contribution in [1.29, 1.82) is 0 Å². The molecule has 0 aliphatic heterocycles. The number of ether oxygens (including phenoxy) is 2. The maximum atomic E-state index is 10.5. The van der Waals surface area contributed by atoms with Gasteiger partial charge in [0, 0.05) is 54.6 Å². The molecule has 76 valence electrons. The third kappa shape index (κ3) is 12.4. The summed E-state index contributed by atoms with van der Waals surface area (Å²) in [6, 6.07) is 0. The van der Waals surface area contributed by atoms with Gasteiger partial charge >= 0.3 is 12.2 Å². The van der Waals surface area contributed by atoms with Gasteiger partial charge in [-0.2, -0.15) is 0 Å². The minimum Gasteiger partial charge on any atom is -0.447 e. The Morgan fingerprint density at radius 3 is 1.43 bits per heavy atom. The van der Waals surface area contributed by atoms with E-state index in [1.54, 1.807) is 13.8 Å². The summed E-state index contributed by atoms with van der Waals surface area (Å²) in [6.07, 6.45) is -1.80. The molecule has 8 radical (unpaired) electrons. The number of carbonyl (C=O) groups excluding carboxylic acids is 2. The van der Waals surface area contributed by atoms with Gasteiger partial charge < -0.3 is 9.47 Å². The Morgan fingerprint density at radius 1 is 0.929 bits per heavy atom. The maximum Gasteiger partial charge on any atom is 0.452 e. The molecule has 0 atom stereocenters. The van der Waals surface area contributed by atoms with Crippen molar-refractivity contribution < 1.29 is 19.1 Å². The number of hydrogen-bond donors (Lipinski definition) is 0. The van der Waals surface area contributed by atoms with Crippen LogP contribution in [0.5, 0.6) is 0 Å². The van der Waals surface area contributed by atoms with E-state index in [4.69, 9.17) is 0 Å². The fraction of sp³-hybridized carbons (Fsp3) is 0.667. The second-order valence-electron chi connectivity index (χ2n) is 1.60. The largest absolute Gasteiger partial charge is 0.452 e. The van der Waals surface area contributed by atoms with Crippen molar-refractivity contribution in [2.24, 2.45) is 10.2 Å². The van der Waals surface area contributed by atoms with Crippen LogP contribution >= 0.6 is 0 Å². The van der Waals surface area contributed by atoms with E-state index >= 15 is 0 Å². The van der Waals surface area contributed by atoms with Crippen molar-refractivity contribution >= 4 is 66.8 Å². The Kier molecular flexibility index (Phi) is 19.0. The Labute approximate surface area is 122 Å². The summed E-state index contributed by atoms with van der Waals surface area (Å²) >= 11 is 0. The van der Waals surface area contributed by atoms with Gasteiger partial charge in [0.05, 0.1) is 13.2 Å². The number of rotatable bonds is 2. The van der Waals surface area contributed by atoms with Crippen molar-refractivity contribution in [1.82, 2.24) is 0 Å². The van der Waals surface area contributed by atoms with Gasteiger partial charge in [-0.05, 0) is 13.8 Å². The van der Waals surface area contributed by atoms with Gasteiger partial charge in [0.15, 0.2) is 0 Å². The summed E-state index contributed by atoms with van der Waals surface area (Å²) in [5.41, 5.74) is 0. The monoisotopic (exact) mass is 590 g/mol. The number of nitrogens with zero attached hydrogens (tertiary/aromatic N) is 2. The van der Waals surface area contributed by atoms with Crippen molar-refractivity contribution in [3.05, 3.63) is 0 Å². The molecule has 0 bridgehead atoms. The summed E-state index contributed by atoms with van der Waals surface area (Å²) in [5.74, 6) is 0. The predicted molar refractivity (Wildman–Crippen MR) is 50.4 cm³/mol. The smallest absolute Gasteiger partial charge is 0.447 e. The van der Waals surface area contributed by atoms with Gasteiger partial charge in [0.1, 0.15) is 0 Å². The van der Waals surface area contributed by atoms with Crippen LogP contribution in [0.3, 0.4) is 0 Å². The number of carbonyl (C=O) groups is 2. The van der Waals surface area contributed by atoms with Crippen LogP contribution in [0.25, 0.3) is 0 Å². The molecule has 2 amide bonds. The molecule has 0 saturated carbocycles. The van der Waals surface area contributed by atoms with Crippen LogP contribution in [0.15, 0.2) is 10.2 Å². The zero-order valence-corrected chi connectivity index (χ0v) is 15.7. The van der Waals surface area contributed by atoms with Crippen LogP contribution in [-0.2, 0) is 9.47 Å². The zero-order valence-electron chi connectivity index (χ0n) is 7.94. The molecule has 0 spiro atoms. The van der Waals surface area contributed by atoms with Crippen LogP contribution < -0.4 is 0 Å². The Balaban J connectivity index is -0.000000605. The fourth-order valence-electron chi connectivity index (χ4n) is 0.386. The average Bonchev–Trinajstić information content (AvgIpc) is 2.02. The third-order valence-electron chi connectivity index (χ3n) is 0.749. The van der Waals surface area contributed by atoms with Gasteiger partial charge in [-0.15, -0.1) is 0 Å². The fourth-order valence-corrected chi connectivity index (χ4v) is 0.386. The molecule has 8 heteroatoms. The molecule has 0 aromatic carbocycles. The Hall–Kier alpha value is 0.384. The number of amides is 2. The molecule has 0 aliphatic carbocycles. The Bertz CT molecular complexity index is 178. The molecule has 0 fully saturated rings. The van der Waals surface area contributed by atoms with E-state index in [1.165, 1.54) is 0 Å². The van der Waals surface area contributed by atoms with Crippen LogP contribution in [0.4, 0.5) is 9.59 Å². The van der Waals surface area contributed by atoms with E-state index in [2.05, 4.69) is 19.7 Å². The molecule has 0 unspecified atom stereocenters. The second-order valence-corrected chi connectivity index (χ2v) is 1.60. The maximum absolute atomic E-state index is 10.5. The Morgan fingerprint density at radius 2 is 1.21 bits per heavy atom. The summed E-state index contributed by atoms with van der Waals surface area (Å²) < 4.78 is 8.73. The molecule has 0 aliphatic rings. The van der Waals surface area contributed by atoms with Gasteiger partial charge in [-0.1, -0.05) is 10.2 Å². The van der Waals surface area contributed by atoms with Crippen molar-refractivity contribution in [2.75, 3.05) is 13.2 Å². The molecule has 14 heavy (non-hydrogen) atoms. The standard InChI is InChI=1S/C6H10N2O4.2Pb/c1-3-11-5(9)7-8-6(10)12-4-2;;/h3-4H2,1-2H3;;. The van der Waals surface area contributed by atoms with Crippen LogP contribution in [0.1, 0.15) is 13.8 Å². The first-order valence-electron chi connectivity index (χ1n) is 3.46. The molecule has 0 N–H and O–H groups in total. The normalized spacial score (nSPS) is 8.43. The number of hydrogen-bond acceptors (Lipinski definition) is 4. The van der Waals surface area contributed by atoms with Gasteiger partial charge in [0.25, 0.3) is 0 Å². The first-order chi connectivity index (χ1) is 5.70. The zero-order chi connectivity index (χ0) is 9.40. The van der Waals surface area contributed by atoms with E-state index in [0.29, 0.717) is 0 Å². The van der Waals surface area contributed by atoms with Gasteiger partial charge in [-0.3, -0.25) is 0 Å². The van der Waals surface area contributed by atoms with Crippen molar-refractivity contribution in [2.45, 2.75) is 13.8 Å². The molecule has 0 saturated heterocycles. The molecular formula is C6H10N2O4Pb2. The van der Waals surface area contributed by atoms with E-state index in [-0.39, 0.29) is 67.8 Å². The van der Waals surface area contributed by atoms with E-state index in [0.717, 1.165) is 0 Å². The predicted octanol–water partition coefficient (Wildman–Crippen LogP) is 0.990. The van der Waals surface area contributed by atoms with Crippen molar-refractivity contribution in [3.63, 3.8) is 0 Å². The second kappa shape index (κ2) is 13.4. The van der Waals surface area contributed by atoms with Gasteiger partial charge in [-0.25, -0.2) is 9.59 Å². The van der Waals surface area contributed by atoms with Crippen LogP contribution in [0, 0.1) is 0 Å². The quantitative estimate of drug-likeness (QED) is 0.356. The first kappa shape index (κ1) is 19.9. The van der Waals surface area contributed by atoms with Crippen LogP contribution in [0.2, 0.25) is 0 Å².